The quantitative estimate of drug-likeness (QED) is 0.172. The van der Waals surface area contributed by atoms with E-state index in [2.05, 4.69) is 53.0 Å². The minimum atomic E-state index is 0.482. The summed E-state index contributed by atoms with van der Waals surface area (Å²) in [5, 5.41) is 24.1. The van der Waals surface area contributed by atoms with Gasteiger partial charge in [-0.3, -0.25) is 0 Å². The van der Waals surface area contributed by atoms with Crippen molar-refractivity contribution in [1.29, 1.82) is 0 Å². The first kappa shape index (κ1) is 23.6. The van der Waals surface area contributed by atoms with Gasteiger partial charge >= 0.3 is 0 Å². The smallest absolute Gasteiger partial charge is 0.230 e. The van der Waals surface area contributed by atoms with Crippen molar-refractivity contribution in [2.75, 3.05) is 17.2 Å². The predicted molar refractivity (Wildman–Crippen MR) is 139 cm³/mol. The zero-order valence-corrected chi connectivity index (χ0v) is 19.5. The predicted octanol–water partition coefficient (Wildman–Crippen LogP) is 8.05. The molecule has 1 aromatic heterocycles. The van der Waals surface area contributed by atoms with E-state index in [1.807, 2.05) is 72.8 Å². The van der Waals surface area contributed by atoms with Crippen molar-refractivity contribution in [2.45, 2.75) is 26.2 Å². The molecule has 0 radical (unpaired) electrons. The standard InChI is InChI=1S/C26H27N9/c1-2-3-7-16-28-25-17-23(31-26-29-18-27-19-30-26)14-15-24(25)35-34-22-12-10-21(11-13-22)33-32-20-8-5-4-6-9-20/h4-6,8-15,17-19,28H,2-3,7,16H2,1H3,(H,27,29,30,31). The van der Waals surface area contributed by atoms with Gasteiger partial charge in [-0.2, -0.15) is 15.3 Å². The second-order valence-corrected chi connectivity index (χ2v) is 7.70. The molecular weight excluding hydrogens is 438 g/mol. The summed E-state index contributed by atoms with van der Waals surface area (Å²) < 4.78 is 0. The highest BCUT2D eigenvalue weighted by molar-refractivity contribution is 5.72. The molecular formula is C26H27N9. The van der Waals surface area contributed by atoms with Crippen LogP contribution in [-0.2, 0) is 0 Å². The van der Waals surface area contributed by atoms with Crippen LogP contribution in [0.25, 0.3) is 0 Å². The third-order valence-electron chi connectivity index (χ3n) is 5.00. The molecule has 0 atom stereocenters. The van der Waals surface area contributed by atoms with Crippen molar-refractivity contribution < 1.29 is 0 Å². The first-order valence-electron chi connectivity index (χ1n) is 11.6. The van der Waals surface area contributed by atoms with Crippen molar-refractivity contribution in [3.63, 3.8) is 0 Å². The average Bonchev–Trinajstić information content (AvgIpc) is 2.91. The van der Waals surface area contributed by atoms with Gasteiger partial charge in [0, 0.05) is 12.2 Å². The van der Waals surface area contributed by atoms with E-state index >= 15 is 0 Å². The first-order chi connectivity index (χ1) is 17.3. The van der Waals surface area contributed by atoms with Crippen LogP contribution in [0.2, 0.25) is 0 Å². The van der Waals surface area contributed by atoms with Crippen LogP contribution in [0.4, 0.5) is 40.1 Å². The van der Waals surface area contributed by atoms with E-state index in [4.69, 9.17) is 0 Å². The molecule has 0 aliphatic heterocycles. The summed E-state index contributed by atoms with van der Waals surface area (Å²) in [6.45, 7) is 3.04. The number of anilines is 3. The van der Waals surface area contributed by atoms with Crippen molar-refractivity contribution in [3.05, 3.63) is 85.5 Å². The van der Waals surface area contributed by atoms with E-state index in [0.717, 1.165) is 53.5 Å². The minimum Gasteiger partial charge on any atom is -0.383 e. The topological polar surface area (TPSA) is 112 Å². The molecule has 0 fully saturated rings. The molecule has 0 amide bonds. The summed E-state index contributed by atoms with van der Waals surface area (Å²) in [6.07, 6.45) is 6.32. The van der Waals surface area contributed by atoms with Gasteiger partial charge < -0.3 is 10.6 Å². The third kappa shape index (κ3) is 7.50. The zero-order chi connectivity index (χ0) is 24.1. The summed E-state index contributed by atoms with van der Waals surface area (Å²) >= 11 is 0. The average molecular weight is 466 g/mol. The van der Waals surface area contributed by atoms with Gasteiger partial charge in [0.1, 0.15) is 18.3 Å². The lowest BCUT2D eigenvalue weighted by Crippen LogP contribution is -2.03. The Morgan fingerprint density at radius 2 is 1.37 bits per heavy atom. The lowest BCUT2D eigenvalue weighted by atomic mass is 10.2. The Morgan fingerprint density at radius 1 is 0.714 bits per heavy atom. The second-order valence-electron chi connectivity index (χ2n) is 7.70. The maximum Gasteiger partial charge on any atom is 0.230 e. The maximum atomic E-state index is 4.49. The number of nitrogens with zero attached hydrogens (tertiary/aromatic N) is 7. The lowest BCUT2D eigenvalue weighted by Gasteiger charge is -2.11. The molecule has 35 heavy (non-hydrogen) atoms. The number of rotatable bonds is 11. The Labute approximate surface area is 204 Å². The number of nitrogens with one attached hydrogen (secondary N) is 2. The molecule has 0 saturated heterocycles. The molecule has 0 aliphatic carbocycles. The summed E-state index contributed by atoms with van der Waals surface area (Å²) in [7, 11) is 0. The molecule has 4 rings (SSSR count). The van der Waals surface area contributed by atoms with Crippen molar-refractivity contribution >= 4 is 40.1 Å². The highest BCUT2D eigenvalue weighted by Gasteiger charge is 2.05. The van der Waals surface area contributed by atoms with Crippen LogP contribution in [0.5, 0.6) is 0 Å². The van der Waals surface area contributed by atoms with Gasteiger partial charge in [0.15, 0.2) is 0 Å². The van der Waals surface area contributed by atoms with E-state index in [1.165, 1.54) is 19.1 Å². The monoisotopic (exact) mass is 465 g/mol. The first-order valence-corrected chi connectivity index (χ1v) is 11.6. The van der Waals surface area contributed by atoms with E-state index < -0.39 is 0 Å². The van der Waals surface area contributed by atoms with E-state index in [1.54, 1.807) is 0 Å². The molecule has 3 aromatic carbocycles. The highest BCUT2D eigenvalue weighted by atomic mass is 15.1. The van der Waals surface area contributed by atoms with Gasteiger partial charge in [0.2, 0.25) is 5.95 Å². The minimum absolute atomic E-state index is 0.482. The molecule has 0 bridgehead atoms. The fraction of sp³-hybridized carbons (Fsp3) is 0.192. The van der Waals surface area contributed by atoms with Gasteiger partial charge in [0.05, 0.1) is 22.7 Å². The molecule has 176 valence electrons. The normalized spacial score (nSPS) is 11.2. The SMILES string of the molecule is CCCCCNc1cc(Nc2ncncn2)ccc1N=Nc1ccc(N=Nc2ccccc2)cc1. The highest BCUT2D eigenvalue weighted by Crippen LogP contribution is 2.31. The van der Waals surface area contributed by atoms with Crippen LogP contribution in [0.3, 0.4) is 0 Å². The van der Waals surface area contributed by atoms with E-state index in [9.17, 15) is 0 Å². The van der Waals surface area contributed by atoms with Crippen LogP contribution in [0, 0.1) is 0 Å². The Hall–Kier alpha value is -4.53. The number of hydrogen-bond donors (Lipinski definition) is 2. The number of hydrogen-bond acceptors (Lipinski definition) is 9. The van der Waals surface area contributed by atoms with Crippen molar-refractivity contribution in [1.82, 2.24) is 15.0 Å². The number of azo groups is 2. The number of unbranched alkanes of at least 4 members (excludes halogenated alkanes) is 2. The Morgan fingerprint density at radius 3 is 2.06 bits per heavy atom. The molecule has 0 saturated carbocycles. The molecule has 1 heterocycles. The van der Waals surface area contributed by atoms with Crippen LogP contribution in [0.15, 0.2) is 106 Å². The Kier molecular flexibility index (Phi) is 8.53. The van der Waals surface area contributed by atoms with Gasteiger partial charge in [0.25, 0.3) is 0 Å². The number of benzene rings is 3. The molecule has 9 nitrogen and oxygen atoms in total. The van der Waals surface area contributed by atoms with Crippen LogP contribution < -0.4 is 10.6 Å². The summed E-state index contributed by atoms with van der Waals surface area (Å²) in [5.41, 5.74) is 4.77. The van der Waals surface area contributed by atoms with Gasteiger partial charge in [-0.25, -0.2) is 15.0 Å². The Balaban J connectivity index is 1.46. The van der Waals surface area contributed by atoms with Gasteiger partial charge in [-0.05, 0) is 61.0 Å². The molecule has 0 unspecified atom stereocenters. The van der Waals surface area contributed by atoms with Crippen molar-refractivity contribution in [2.24, 2.45) is 20.5 Å². The summed E-state index contributed by atoms with van der Waals surface area (Å²) in [4.78, 5) is 12.1. The van der Waals surface area contributed by atoms with Crippen LogP contribution >= 0.6 is 0 Å². The maximum absolute atomic E-state index is 4.49. The fourth-order valence-electron chi connectivity index (χ4n) is 3.18. The summed E-state index contributed by atoms with van der Waals surface area (Å²) in [5.74, 6) is 0.482. The number of aromatic nitrogens is 3. The van der Waals surface area contributed by atoms with E-state index in [-0.39, 0.29) is 0 Å². The van der Waals surface area contributed by atoms with Gasteiger partial charge in [-0.15, -0.1) is 5.11 Å². The van der Waals surface area contributed by atoms with E-state index in [0.29, 0.717) is 5.95 Å². The van der Waals surface area contributed by atoms with Crippen molar-refractivity contribution in [3.8, 4) is 0 Å². The molecule has 4 aromatic rings. The zero-order valence-electron chi connectivity index (χ0n) is 19.5. The Bertz CT molecular complexity index is 1240. The second kappa shape index (κ2) is 12.6. The molecule has 2 N–H and O–H groups in total. The largest absolute Gasteiger partial charge is 0.383 e. The third-order valence-corrected chi connectivity index (χ3v) is 5.00. The van der Waals surface area contributed by atoms with Crippen LogP contribution in [0.1, 0.15) is 26.2 Å². The lowest BCUT2D eigenvalue weighted by molar-refractivity contribution is 0.744. The van der Waals surface area contributed by atoms with Crippen LogP contribution in [-0.4, -0.2) is 21.5 Å². The van der Waals surface area contributed by atoms with Gasteiger partial charge in [-0.1, -0.05) is 38.0 Å². The summed E-state index contributed by atoms with van der Waals surface area (Å²) in [6, 6.07) is 22.9. The molecule has 0 spiro atoms. The molecule has 9 heteroatoms. The molecule has 0 aliphatic rings. The fourth-order valence-corrected chi connectivity index (χ4v) is 3.18.